The van der Waals surface area contributed by atoms with Crippen LogP contribution in [0.15, 0.2) is 51.8 Å². The largest absolute Gasteiger partial charge is 0.496 e. The topological polar surface area (TPSA) is 29.5 Å². The minimum Gasteiger partial charge on any atom is -0.496 e. The molecule has 0 saturated carbocycles. The van der Waals surface area contributed by atoms with Gasteiger partial charge in [-0.15, -0.1) is 11.8 Å². The van der Waals surface area contributed by atoms with Gasteiger partial charge in [-0.25, -0.2) is 4.39 Å². The van der Waals surface area contributed by atoms with Crippen molar-refractivity contribution < 1.29 is 14.2 Å². The molecule has 0 spiro atoms. The average Bonchev–Trinajstić information content (AvgIpc) is 2.45. The van der Waals surface area contributed by atoms with E-state index in [4.69, 9.17) is 4.74 Å². The Morgan fingerprint density at radius 3 is 2.81 bits per heavy atom. The monoisotopic (exact) mass is 370 g/mol. The normalized spacial score (nSPS) is 12.2. The number of rotatable bonds is 6. The summed E-state index contributed by atoms with van der Waals surface area (Å²) in [6.45, 7) is 0. The zero-order valence-electron chi connectivity index (χ0n) is 11.6. The Balaban J connectivity index is 1.95. The van der Waals surface area contributed by atoms with Crippen molar-refractivity contribution in [1.29, 1.82) is 0 Å². The number of methoxy groups -OCH3 is 1. The molecule has 2 aromatic rings. The van der Waals surface area contributed by atoms with Gasteiger partial charge in [0.15, 0.2) is 0 Å². The van der Waals surface area contributed by atoms with Crippen molar-refractivity contribution in [3.63, 3.8) is 0 Å². The standard InChI is InChI=1S/C16H16BrFO2S/c1-20-16-6-5-12(17)7-11(16)8-14(19)10-21-15-4-2-3-13(18)9-15/h2-7,9,14,19H,8,10H2,1H3. The number of halogens is 2. The van der Waals surface area contributed by atoms with Gasteiger partial charge in [-0.1, -0.05) is 22.0 Å². The van der Waals surface area contributed by atoms with Crippen LogP contribution < -0.4 is 4.74 Å². The molecule has 1 atom stereocenters. The predicted octanol–water partition coefficient (Wildman–Crippen LogP) is 4.29. The van der Waals surface area contributed by atoms with Crippen LogP contribution in [-0.2, 0) is 6.42 Å². The minimum atomic E-state index is -0.526. The number of hydrogen-bond acceptors (Lipinski definition) is 3. The zero-order valence-corrected chi connectivity index (χ0v) is 14.0. The van der Waals surface area contributed by atoms with Crippen LogP contribution in [0.4, 0.5) is 4.39 Å². The third kappa shape index (κ3) is 5.02. The Kier molecular flexibility index (Phi) is 6.08. The van der Waals surface area contributed by atoms with Gasteiger partial charge in [0.2, 0.25) is 0 Å². The maximum Gasteiger partial charge on any atom is 0.124 e. The SMILES string of the molecule is COc1ccc(Br)cc1CC(O)CSc1cccc(F)c1. The molecule has 1 unspecified atom stereocenters. The summed E-state index contributed by atoms with van der Waals surface area (Å²) in [4.78, 5) is 0.815. The molecule has 0 saturated heterocycles. The molecule has 2 rings (SSSR count). The quantitative estimate of drug-likeness (QED) is 0.769. The van der Waals surface area contributed by atoms with Crippen LogP contribution in [0.25, 0.3) is 0 Å². The molecule has 5 heteroatoms. The lowest BCUT2D eigenvalue weighted by atomic mass is 10.1. The second-order valence-corrected chi connectivity index (χ2v) is 6.59. The number of aliphatic hydroxyl groups excluding tert-OH is 1. The maximum atomic E-state index is 13.1. The minimum absolute atomic E-state index is 0.261. The van der Waals surface area contributed by atoms with Gasteiger partial charge in [-0.3, -0.25) is 0 Å². The summed E-state index contributed by atoms with van der Waals surface area (Å²) in [6.07, 6.45) is -0.0354. The molecule has 0 fully saturated rings. The third-order valence-corrected chi connectivity index (χ3v) is 4.57. The molecule has 1 N–H and O–H groups in total. The Morgan fingerprint density at radius 2 is 2.10 bits per heavy atom. The molecule has 2 nitrogen and oxygen atoms in total. The second-order valence-electron chi connectivity index (χ2n) is 4.58. The van der Waals surface area contributed by atoms with Crippen LogP contribution in [0.3, 0.4) is 0 Å². The Hall–Kier alpha value is -1.04. The van der Waals surface area contributed by atoms with Crippen LogP contribution in [0.5, 0.6) is 5.75 Å². The highest BCUT2D eigenvalue weighted by Gasteiger charge is 2.11. The van der Waals surface area contributed by atoms with Crippen molar-refractivity contribution in [3.05, 3.63) is 58.3 Å². The summed E-state index contributed by atoms with van der Waals surface area (Å²) in [5, 5.41) is 10.2. The highest BCUT2D eigenvalue weighted by atomic mass is 79.9. The molecule has 0 aliphatic carbocycles. The molecule has 112 valence electrons. The smallest absolute Gasteiger partial charge is 0.124 e. The lowest BCUT2D eigenvalue weighted by Gasteiger charge is -2.13. The fraction of sp³-hybridized carbons (Fsp3) is 0.250. The van der Waals surface area contributed by atoms with Gasteiger partial charge in [0.05, 0.1) is 13.2 Å². The van der Waals surface area contributed by atoms with Crippen LogP contribution >= 0.6 is 27.7 Å². The van der Waals surface area contributed by atoms with E-state index in [1.165, 1.54) is 23.9 Å². The molecular formula is C16H16BrFO2S. The van der Waals surface area contributed by atoms with Gasteiger partial charge < -0.3 is 9.84 Å². The van der Waals surface area contributed by atoms with Gasteiger partial charge in [-0.2, -0.15) is 0 Å². The zero-order chi connectivity index (χ0) is 15.2. The summed E-state index contributed by atoms with van der Waals surface area (Å²) in [5.41, 5.74) is 0.944. The van der Waals surface area contributed by atoms with E-state index in [0.717, 1.165) is 20.7 Å². The van der Waals surface area contributed by atoms with Gasteiger partial charge in [0.25, 0.3) is 0 Å². The van der Waals surface area contributed by atoms with Crippen LogP contribution in [0.1, 0.15) is 5.56 Å². The van der Waals surface area contributed by atoms with Crippen molar-refractivity contribution in [2.75, 3.05) is 12.9 Å². The highest BCUT2D eigenvalue weighted by molar-refractivity contribution is 9.10. The molecule has 21 heavy (non-hydrogen) atoms. The summed E-state index contributed by atoms with van der Waals surface area (Å²) < 4.78 is 19.3. The molecular weight excluding hydrogens is 355 g/mol. The van der Waals surface area contributed by atoms with Crippen molar-refractivity contribution >= 4 is 27.7 Å². The molecule has 0 amide bonds. The first-order chi connectivity index (χ1) is 10.1. The van der Waals surface area contributed by atoms with Crippen LogP contribution in [0, 0.1) is 5.82 Å². The average molecular weight is 371 g/mol. The number of thioether (sulfide) groups is 1. The van der Waals surface area contributed by atoms with E-state index in [0.29, 0.717) is 12.2 Å². The van der Waals surface area contributed by atoms with Crippen molar-refractivity contribution in [3.8, 4) is 5.75 Å². The predicted molar refractivity (Wildman–Crippen MR) is 87.5 cm³/mol. The fourth-order valence-electron chi connectivity index (χ4n) is 1.97. The fourth-order valence-corrected chi connectivity index (χ4v) is 3.25. The number of hydrogen-bond donors (Lipinski definition) is 1. The molecule has 0 aromatic heterocycles. The lowest BCUT2D eigenvalue weighted by molar-refractivity contribution is 0.198. The van der Waals surface area contributed by atoms with E-state index in [1.807, 2.05) is 24.3 Å². The summed E-state index contributed by atoms with van der Waals surface area (Å²) in [7, 11) is 1.61. The molecule has 0 bridgehead atoms. The number of ether oxygens (including phenoxy) is 1. The molecule has 0 heterocycles. The van der Waals surface area contributed by atoms with Crippen LogP contribution in [0.2, 0.25) is 0 Å². The van der Waals surface area contributed by atoms with Crippen LogP contribution in [-0.4, -0.2) is 24.1 Å². The summed E-state index contributed by atoms with van der Waals surface area (Å²) in [5.74, 6) is 0.996. The van der Waals surface area contributed by atoms with E-state index < -0.39 is 6.10 Å². The molecule has 0 aliphatic rings. The molecule has 0 radical (unpaired) electrons. The van der Waals surface area contributed by atoms with Crippen molar-refractivity contribution in [2.24, 2.45) is 0 Å². The number of benzene rings is 2. The lowest BCUT2D eigenvalue weighted by Crippen LogP contribution is -2.14. The van der Waals surface area contributed by atoms with E-state index in [1.54, 1.807) is 13.2 Å². The first kappa shape index (κ1) is 16.3. The first-order valence-corrected chi connectivity index (χ1v) is 8.25. The van der Waals surface area contributed by atoms with Gasteiger partial charge in [-0.05, 0) is 42.0 Å². The highest BCUT2D eigenvalue weighted by Crippen LogP contribution is 2.26. The van der Waals surface area contributed by atoms with E-state index in [2.05, 4.69) is 15.9 Å². The summed E-state index contributed by atoms with van der Waals surface area (Å²) in [6, 6.07) is 12.1. The van der Waals surface area contributed by atoms with E-state index >= 15 is 0 Å². The third-order valence-electron chi connectivity index (χ3n) is 2.94. The molecule has 2 aromatic carbocycles. The molecule has 0 aliphatic heterocycles. The Bertz CT molecular complexity index is 607. The van der Waals surface area contributed by atoms with Crippen molar-refractivity contribution in [2.45, 2.75) is 17.4 Å². The van der Waals surface area contributed by atoms with E-state index in [-0.39, 0.29) is 5.82 Å². The van der Waals surface area contributed by atoms with Gasteiger partial charge in [0.1, 0.15) is 11.6 Å². The van der Waals surface area contributed by atoms with Gasteiger partial charge in [0, 0.05) is 21.5 Å². The second kappa shape index (κ2) is 7.82. The maximum absolute atomic E-state index is 13.1. The van der Waals surface area contributed by atoms with Crippen molar-refractivity contribution in [1.82, 2.24) is 0 Å². The van der Waals surface area contributed by atoms with E-state index in [9.17, 15) is 9.50 Å². The Morgan fingerprint density at radius 1 is 1.29 bits per heavy atom. The first-order valence-electron chi connectivity index (χ1n) is 6.47. The van der Waals surface area contributed by atoms with Gasteiger partial charge >= 0.3 is 0 Å². The summed E-state index contributed by atoms with van der Waals surface area (Å²) >= 11 is 4.85. The Labute approximate surface area is 136 Å². The number of aliphatic hydroxyl groups is 1.